The third kappa shape index (κ3) is 3.46. The number of hydrogen-bond donors (Lipinski definition) is 1. The molecule has 5 heteroatoms. The van der Waals surface area contributed by atoms with Gasteiger partial charge in [-0.05, 0) is 45.2 Å². The molecular weight excluding hydrogens is 268 g/mol. The summed E-state index contributed by atoms with van der Waals surface area (Å²) < 4.78 is 10.7. The molecule has 1 atom stereocenters. The van der Waals surface area contributed by atoms with Crippen LogP contribution in [0.4, 0.5) is 10.5 Å². The normalized spacial score (nSPS) is 16.8. The van der Waals surface area contributed by atoms with Crippen LogP contribution in [-0.4, -0.2) is 18.8 Å². The maximum Gasteiger partial charge on any atom is 0.408 e. The van der Waals surface area contributed by atoms with E-state index in [0.717, 1.165) is 24.0 Å². The molecule has 1 aliphatic rings. The van der Waals surface area contributed by atoms with Gasteiger partial charge in [0.05, 0.1) is 19.7 Å². The van der Waals surface area contributed by atoms with E-state index < -0.39 is 11.7 Å². The highest BCUT2D eigenvalue weighted by atomic mass is 16.6. The van der Waals surface area contributed by atoms with Gasteiger partial charge >= 0.3 is 6.09 Å². The van der Waals surface area contributed by atoms with Gasteiger partial charge in [-0.15, -0.1) is 0 Å². The van der Waals surface area contributed by atoms with Gasteiger partial charge in [-0.2, -0.15) is 0 Å². The van der Waals surface area contributed by atoms with Crippen molar-refractivity contribution in [1.29, 1.82) is 0 Å². The van der Waals surface area contributed by atoms with Crippen molar-refractivity contribution >= 4 is 11.8 Å². The molecule has 0 bridgehead atoms. The lowest BCUT2D eigenvalue weighted by atomic mass is 10.1. The Kier molecular flexibility index (Phi) is 4.08. The molecule has 2 rings (SSSR count). The first-order chi connectivity index (χ1) is 9.84. The molecule has 1 N–H and O–H groups in total. The number of nitrogens with one attached hydrogen (secondary N) is 1. The Morgan fingerprint density at radius 2 is 2.14 bits per heavy atom. The van der Waals surface area contributed by atoms with E-state index in [1.165, 1.54) is 0 Å². The number of nitrogens with zero attached hydrogens (tertiary/aromatic N) is 1. The smallest absolute Gasteiger partial charge is 0.408 e. The Hall–Kier alpha value is -2.22. The van der Waals surface area contributed by atoms with E-state index in [9.17, 15) is 4.79 Å². The molecule has 1 aromatic rings. The Balaban J connectivity index is 2.22. The number of ether oxygens (including phenoxy) is 2. The van der Waals surface area contributed by atoms with E-state index in [2.05, 4.69) is 10.2 Å². The molecule has 0 saturated carbocycles. The fourth-order valence-electron chi connectivity index (χ4n) is 2.54. The number of methoxy groups -OCH3 is 1. The van der Waals surface area contributed by atoms with Crippen LogP contribution in [0.15, 0.2) is 12.1 Å². The van der Waals surface area contributed by atoms with Crippen molar-refractivity contribution in [2.24, 2.45) is 0 Å². The second-order valence-corrected chi connectivity index (χ2v) is 6.07. The highest BCUT2D eigenvalue weighted by Crippen LogP contribution is 2.40. The second-order valence-electron chi connectivity index (χ2n) is 6.07. The van der Waals surface area contributed by atoms with Gasteiger partial charge in [0.15, 0.2) is 5.69 Å². The predicted octanol–water partition coefficient (Wildman–Crippen LogP) is 3.76. The van der Waals surface area contributed by atoms with E-state index in [0.29, 0.717) is 11.4 Å². The number of rotatable bonds is 2. The van der Waals surface area contributed by atoms with Gasteiger partial charge < -0.3 is 14.8 Å². The minimum Gasteiger partial charge on any atom is -0.498 e. The van der Waals surface area contributed by atoms with Crippen molar-refractivity contribution in [2.45, 2.75) is 45.3 Å². The maximum absolute atomic E-state index is 11.9. The van der Waals surface area contributed by atoms with Crippen molar-refractivity contribution in [3.05, 3.63) is 34.7 Å². The molecule has 0 aliphatic heterocycles. The fraction of sp³-hybridized carbons (Fsp3) is 0.500. The molecule has 0 fully saturated rings. The average Bonchev–Trinajstić information content (AvgIpc) is 2.78. The average molecular weight is 288 g/mol. The number of aryl methyl sites for hydroxylation is 1. The molecule has 21 heavy (non-hydrogen) atoms. The Morgan fingerprint density at radius 1 is 1.43 bits per heavy atom. The van der Waals surface area contributed by atoms with Crippen LogP contribution in [0.5, 0.6) is 5.75 Å². The lowest BCUT2D eigenvalue weighted by molar-refractivity contribution is 0.0503. The first kappa shape index (κ1) is 15.2. The Bertz CT molecular complexity index is 597. The molecule has 1 aromatic carbocycles. The van der Waals surface area contributed by atoms with Gasteiger partial charge in [-0.25, -0.2) is 9.64 Å². The van der Waals surface area contributed by atoms with Crippen LogP contribution < -0.4 is 10.1 Å². The third-order valence-electron chi connectivity index (χ3n) is 3.30. The molecule has 112 valence electrons. The van der Waals surface area contributed by atoms with E-state index in [4.69, 9.17) is 16.0 Å². The van der Waals surface area contributed by atoms with Crippen molar-refractivity contribution in [1.82, 2.24) is 5.32 Å². The summed E-state index contributed by atoms with van der Waals surface area (Å²) in [5, 5.41) is 2.89. The Labute approximate surface area is 125 Å². The summed E-state index contributed by atoms with van der Waals surface area (Å²) in [6.45, 7) is 12.6. The SMILES string of the molecule is [C-]#[N+]c1cc2c(c(OC)c1)[C@H](NC(=O)OC(C)(C)C)CC2. The van der Waals surface area contributed by atoms with Gasteiger partial charge in [0.2, 0.25) is 0 Å². The van der Waals surface area contributed by atoms with Crippen LogP contribution in [0.1, 0.15) is 44.4 Å². The van der Waals surface area contributed by atoms with Crippen molar-refractivity contribution in [3.8, 4) is 5.75 Å². The highest BCUT2D eigenvalue weighted by molar-refractivity contribution is 5.70. The highest BCUT2D eigenvalue weighted by Gasteiger charge is 2.29. The van der Waals surface area contributed by atoms with Crippen LogP contribution in [0, 0.1) is 6.57 Å². The summed E-state index contributed by atoms with van der Waals surface area (Å²) in [5.74, 6) is 0.650. The molecule has 0 unspecified atom stereocenters. The van der Waals surface area contributed by atoms with Gasteiger partial charge in [-0.1, -0.05) is 6.07 Å². The van der Waals surface area contributed by atoms with Crippen LogP contribution in [0.2, 0.25) is 0 Å². The fourth-order valence-corrected chi connectivity index (χ4v) is 2.54. The molecule has 0 saturated heterocycles. The van der Waals surface area contributed by atoms with Crippen LogP contribution in [-0.2, 0) is 11.2 Å². The van der Waals surface area contributed by atoms with E-state index >= 15 is 0 Å². The lowest BCUT2D eigenvalue weighted by Gasteiger charge is -2.22. The van der Waals surface area contributed by atoms with Crippen LogP contribution >= 0.6 is 0 Å². The third-order valence-corrected chi connectivity index (χ3v) is 3.30. The number of fused-ring (bicyclic) bond motifs is 1. The lowest BCUT2D eigenvalue weighted by Crippen LogP contribution is -2.34. The number of amides is 1. The van der Waals surface area contributed by atoms with E-state index in [1.54, 1.807) is 13.2 Å². The number of carbonyl (C=O) groups excluding carboxylic acids is 1. The summed E-state index contributed by atoms with van der Waals surface area (Å²) in [7, 11) is 1.58. The van der Waals surface area contributed by atoms with Gasteiger partial charge in [0, 0.05) is 5.56 Å². The largest absolute Gasteiger partial charge is 0.498 e. The zero-order chi connectivity index (χ0) is 15.6. The van der Waals surface area contributed by atoms with Crippen molar-refractivity contribution in [3.63, 3.8) is 0 Å². The standard InChI is InChI=1S/C16H20N2O3/c1-16(2,3)21-15(19)18-12-7-6-10-8-11(17-4)9-13(20-5)14(10)12/h8-9,12H,6-7H2,1-3,5H3,(H,18,19)/t12-/m1/s1. The Morgan fingerprint density at radius 3 is 2.71 bits per heavy atom. The van der Waals surface area contributed by atoms with E-state index in [-0.39, 0.29) is 6.04 Å². The summed E-state index contributed by atoms with van der Waals surface area (Å²) in [6.07, 6.45) is 1.17. The molecular formula is C16H20N2O3. The first-order valence-electron chi connectivity index (χ1n) is 6.92. The molecule has 0 spiro atoms. The summed E-state index contributed by atoms with van der Waals surface area (Å²) in [6, 6.07) is 3.44. The zero-order valence-corrected chi connectivity index (χ0v) is 12.8. The molecule has 0 radical (unpaired) electrons. The summed E-state index contributed by atoms with van der Waals surface area (Å²) in [4.78, 5) is 15.4. The minimum atomic E-state index is -0.524. The quantitative estimate of drug-likeness (QED) is 0.843. The number of carbonyl (C=O) groups is 1. The summed E-state index contributed by atoms with van der Waals surface area (Å²) in [5.41, 5.74) is 2.05. The number of alkyl carbamates (subject to hydrolysis) is 1. The molecule has 1 amide bonds. The minimum absolute atomic E-state index is 0.135. The molecule has 5 nitrogen and oxygen atoms in total. The zero-order valence-electron chi connectivity index (χ0n) is 12.8. The van der Waals surface area contributed by atoms with Gasteiger partial charge in [-0.3, -0.25) is 0 Å². The molecule has 0 aromatic heterocycles. The van der Waals surface area contributed by atoms with Crippen LogP contribution in [0.3, 0.4) is 0 Å². The van der Waals surface area contributed by atoms with Crippen LogP contribution in [0.25, 0.3) is 4.85 Å². The number of hydrogen-bond acceptors (Lipinski definition) is 3. The first-order valence-corrected chi connectivity index (χ1v) is 6.92. The second kappa shape index (κ2) is 5.65. The van der Waals surface area contributed by atoms with Crippen molar-refractivity contribution < 1.29 is 14.3 Å². The predicted molar refractivity (Wildman–Crippen MR) is 79.7 cm³/mol. The van der Waals surface area contributed by atoms with Crippen molar-refractivity contribution in [2.75, 3.05) is 7.11 Å². The van der Waals surface area contributed by atoms with E-state index in [1.807, 2.05) is 26.8 Å². The molecule has 1 aliphatic carbocycles. The summed E-state index contributed by atoms with van der Waals surface area (Å²) >= 11 is 0. The number of benzene rings is 1. The van der Waals surface area contributed by atoms with Gasteiger partial charge in [0.25, 0.3) is 0 Å². The van der Waals surface area contributed by atoms with Gasteiger partial charge in [0.1, 0.15) is 11.4 Å². The molecule has 0 heterocycles. The maximum atomic E-state index is 11.9. The topological polar surface area (TPSA) is 51.9 Å². The monoisotopic (exact) mass is 288 g/mol.